The van der Waals surface area contributed by atoms with Crippen LogP contribution >= 0.6 is 0 Å². The molecule has 0 aliphatic heterocycles. The van der Waals surface area contributed by atoms with E-state index in [1.54, 1.807) is 12.7 Å². The van der Waals surface area contributed by atoms with Gasteiger partial charge < -0.3 is 5.32 Å². The highest BCUT2D eigenvalue weighted by molar-refractivity contribution is 5.46. The fraction of sp³-hybridized carbons (Fsp3) is 0.571. The number of nitrogens with zero attached hydrogens (tertiary/aromatic N) is 4. The molecule has 0 saturated carbocycles. The van der Waals surface area contributed by atoms with Crippen LogP contribution in [0.15, 0.2) is 12.7 Å². The van der Waals surface area contributed by atoms with E-state index in [9.17, 15) is 0 Å². The zero-order valence-electron chi connectivity index (χ0n) is 11.6. The van der Waals surface area contributed by atoms with Crippen molar-refractivity contribution in [2.24, 2.45) is 0 Å². The zero-order valence-corrected chi connectivity index (χ0v) is 11.6. The Labute approximate surface area is 118 Å². The maximum atomic E-state index is 4.43. The normalized spacial score (nSPS) is 14.6. The number of anilines is 1. The number of aryl methyl sites for hydroxylation is 2. The Morgan fingerprint density at radius 2 is 2.00 bits per heavy atom. The third kappa shape index (κ3) is 3.12. The van der Waals surface area contributed by atoms with E-state index in [1.165, 1.54) is 30.5 Å². The van der Waals surface area contributed by atoms with Crippen LogP contribution in [0.3, 0.4) is 0 Å². The predicted octanol–water partition coefficient (Wildman–Crippen LogP) is 1.91. The number of aromatic amines is 1. The standard InChI is InChI=1S/C14H20N6/c1-2-5-11-12(6-3-1)16-9-18-14(11)15-8-4-7-13-17-10-19-20-13/h9-10H,1-8H2,(H,15,16,18)(H,17,19,20). The van der Waals surface area contributed by atoms with Crippen molar-refractivity contribution in [3.8, 4) is 0 Å². The predicted molar refractivity (Wildman–Crippen MR) is 76.5 cm³/mol. The highest BCUT2D eigenvalue weighted by atomic mass is 15.2. The molecule has 6 heteroatoms. The Hall–Kier alpha value is -1.98. The molecular weight excluding hydrogens is 252 g/mol. The first-order chi connectivity index (χ1) is 9.93. The van der Waals surface area contributed by atoms with Gasteiger partial charge >= 0.3 is 0 Å². The molecule has 0 amide bonds. The molecule has 1 aliphatic carbocycles. The summed E-state index contributed by atoms with van der Waals surface area (Å²) in [4.78, 5) is 13.0. The van der Waals surface area contributed by atoms with Gasteiger partial charge in [-0.1, -0.05) is 6.42 Å². The molecule has 0 unspecified atom stereocenters. The molecule has 2 aromatic heterocycles. The Balaban J connectivity index is 1.57. The summed E-state index contributed by atoms with van der Waals surface area (Å²) in [5, 5.41) is 10.2. The monoisotopic (exact) mass is 272 g/mol. The van der Waals surface area contributed by atoms with Crippen LogP contribution in [0.4, 0.5) is 5.82 Å². The van der Waals surface area contributed by atoms with Crippen molar-refractivity contribution in [1.29, 1.82) is 0 Å². The van der Waals surface area contributed by atoms with Crippen molar-refractivity contribution in [3.05, 3.63) is 29.7 Å². The quantitative estimate of drug-likeness (QED) is 0.642. The van der Waals surface area contributed by atoms with Crippen LogP contribution in [-0.2, 0) is 19.3 Å². The summed E-state index contributed by atoms with van der Waals surface area (Å²) >= 11 is 0. The summed E-state index contributed by atoms with van der Waals surface area (Å²) in [5.41, 5.74) is 2.56. The average Bonchev–Trinajstić information content (AvgIpc) is 2.87. The lowest BCUT2D eigenvalue weighted by molar-refractivity contribution is 0.708. The molecule has 0 bridgehead atoms. The Morgan fingerprint density at radius 3 is 2.90 bits per heavy atom. The summed E-state index contributed by atoms with van der Waals surface area (Å²) in [6, 6.07) is 0. The Morgan fingerprint density at radius 1 is 1.05 bits per heavy atom. The van der Waals surface area contributed by atoms with Gasteiger partial charge in [0, 0.05) is 24.2 Å². The van der Waals surface area contributed by atoms with Gasteiger partial charge in [-0.3, -0.25) is 5.10 Å². The zero-order chi connectivity index (χ0) is 13.6. The summed E-state index contributed by atoms with van der Waals surface area (Å²) in [6.45, 7) is 0.893. The van der Waals surface area contributed by atoms with Gasteiger partial charge in [-0.2, -0.15) is 5.10 Å². The molecule has 106 valence electrons. The van der Waals surface area contributed by atoms with Crippen molar-refractivity contribution in [3.63, 3.8) is 0 Å². The summed E-state index contributed by atoms with van der Waals surface area (Å²) in [7, 11) is 0. The van der Waals surface area contributed by atoms with Gasteiger partial charge in [-0.25, -0.2) is 15.0 Å². The van der Waals surface area contributed by atoms with Crippen molar-refractivity contribution in [2.45, 2.75) is 44.9 Å². The first kappa shape index (κ1) is 13.0. The molecule has 3 rings (SSSR count). The first-order valence-corrected chi connectivity index (χ1v) is 7.34. The highest BCUT2D eigenvalue weighted by Crippen LogP contribution is 2.23. The third-order valence-corrected chi connectivity index (χ3v) is 3.72. The smallest absolute Gasteiger partial charge is 0.137 e. The van der Waals surface area contributed by atoms with Gasteiger partial charge in [-0.15, -0.1) is 0 Å². The molecule has 2 aromatic rings. The second-order valence-electron chi connectivity index (χ2n) is 5.17. The lowest BCUT2D eigenvalue weighted by Gasteiger charge is -2.12. The lowest BCUT2D eigenvalue weighted by atomic mass is 10.1. The maximum absolute atomic E-state index is 4.43. The van der Waals surface area contributed by atoms with E-state index in [4.69, 9.17) is 0 Å². The van der Waals surface area contributed by atoms with Crippen LogP contribution in [0.5, 0.6) is 0 Å². The number of aromatic nitrogens is 5. The number of hydrogen-bond acceptors (Lipinski definition) is 5. The van der Waals surface area contributed by atoms with Gasteiger partial charge in [0.25, 0.3) is 0 Å². The van der Waals surface area contributed by atoms with Gasteiger partial charge in [0.15, 0.2) is 0 Å². The molecular formula is C14H20N6. The fourth-order valence-corrected chi connectivity index (χ4v) is 2.66. The van der Waals surface area contributed by atoms with Gasteiger partial charge in [-0.05, 0) is 32.1 Å². The molecule has 0 radical (unpaired) electrons. The van der Waals surface area contributed by atoms with E-state index < -0.39 is 0 Å². The number of nitrogens with one attached hydrogen (secondary N) is 2. The SMILES string of the molecule is c1n[nH]c(CCCNc2ncnc3c2CCCCC3)n1. The Bertz CT molecular complexity index is 537. The maximum Gasteiger partial charge on any atom is 0.137 e. The van der Waals surface area contributed by atoms with Gasteiger partial charge in [0.1, 0.15) is 24.3 Å². The number of rotatable bonds is 5. The van der Waals surface area contributed by atoms with Crippen molar-refractivity contribution < 1.29 is 0 Å². The van der Waals surface area contributed by atoms with Crippen LogP contribution in [-0.4, -0.2) is 31.7 Å². The Kier molecular flexibility index (Phi) is 4.20. The number of hydrogen-bond donors (Lipinski definition) is 2. The van der Waals surface area contributed by atoms with Gasteiger partial charge in [0.05, 0.1) is 0 Å². The van der Waals surface area contributed by atoms with Crippen molar-refractivity contribution in [1.82, 2.24) is 25.1 Å². The summed E-state index contributed by atoms with van der Waals surface area (Å²) in [5.74, 6) is 1.96. The van der Waals surface area contributed by atoms with Crippen LogP contribution in [0.2, 0.25) is 0 Å². The molecule has 2 N–H and O–H groups in total. The van der Waals surface area contributed by atoms with Crippen molar-refractivity contribution in [2.75, 3.05) is 11.9 Å². The second-order valence-corrected chi connectivity index (χ2v) is 5.17. The van der Waals surface area contributed by atoms with Crippen molar-refractivity contribution >= 4 is 5.82 Å². The second kappa shape index (κ2) is 6.45. The molecule has 0 spiro atoms. The van der Waals surface area contributed by atoms with Crippen LogP contribution < -0.4 is 5.32 Å². The molecule has 0 saturated heterocycles. The lowest BCUT2D eigenvalue weighted by Crippen LogP contribution is -2.10. The van der Waals surface area contributed by atoms with E-state index in [-0.39, 0.29) is 0 Å². The molecule has 6 nitrogen and oxygen atoms in total. The van der Waals surface area contributed by atoms with E-state index in [1.807, 2.05) is 0 Å². The number of H-pyrrole nitrogens is 1. The minimum atomic E-state index is 0.893. The highest BCUT2D eigenvalue weighted by Gasteiger charge is 2.13. The fourth-order valence-electron chi connectivity index (χ4n) is 2.66. The summed E-state index contributed by atoms with van der Waals surface area (Å²) < 4.78 is 0. The minimum Gasteiger partial charge on any atom is -0.370 e. The van der Waals surface area contributed by atoms with E-state index in [0.717, 1.165) is 43.9 Å². The van der Waals surface area contributed by atoms with Crippen LogP contribution in [0.25, 0.3) is 0 Å². The molecule has 20 heavy (non-hydrogen) atoms. The molecule has 0 aromatic carbocycles. The third-order valence-electron chi connectivity index (χ3n) is 3.72. The molecule has 1 aliphatic rings. The molecule has 0 fully saturated rings. The van der Waals surface area contributed by atoms with Crippen LogP contribution in [0.1, 0.15) is 42.8 Å². The van der Waals surface area contributed by atoms with E-state index in [0.29, 0.717) is 0 Å². The molecule has 0 atom stereocenters. The van der Waals surface area contributed by atoms with E-state index >= 15 is 0 Å². The minimum absolute atomic E-state index is 0.893. The first-order valence-electron chi connectivity index (χ1n) is 7.34. The molecule has 2 heterocycles. The topological polar surface area (TPSA) is 79.4 Å². The van der Waals surface area contributed by atoms with E-state index in [2.05, 4.69) is 30.5 Å². The number of fused-ring (bicyclic) bond motifs is 1. The average molecular weight is 272 g/mol. The largest absolute Gasteiger partial charge is 0.370 e. The van der Waals surface area contributed by atoms with Crippen LogP contribution in [0, 0.1) is 0 Å². The summed E-state index contributed by atoms with van der Waals surface area (Å²) in [6.07, 6.45) is 11.1. The van der Waals surface area contributed by atoms with Gasteiger partial charge in [0.2, 0.25) is 0 Å².